The van der Waals surface area contributed by atoms with E-state index in [0.29, 0.717) is 6.54 Å². The predicted octanol–water partition coefficient (Wildman–Crippen LogP) is 3.68. The fourth-order valence-corrected chi connectivity index (χ4v) is 3.72. The summed E-state index contributed by atoms with van der Waals surface area (Å²) in [6.07, 6.45) is 0.0322. The van der Waals surface area contributed by atoms with Crippen molar-refractivity contribution in [1.82, 2.24) is 9.80 Å². The molecule has 1 atom stereocenters. The molecule has 1 saturated heterocycles. The molecule has 122 valence electrons. The lowest BCUT2D eigenvalue weighted by Gasteiger charge is -2.56. The highest BCUT2D eigenvalue weighted by atomic mass is 16.4. The van der Waals surface area contributed by atoms with Crippen LogP contribution in [0.5, 0.6) is 0 Å². The lowest BCUT2D eigenvalue weighted by molar-refractivity contribution is -0.0600. The molecular formula is C18H28N2O2. The van der Waals surface area contributed by atoms with Gasteiger partial charge in [0.05, 0.1) is 5.54 Å². The smallest absolute Gasteiger partial charge is 0.407 e. The topological polar surface area (TPSA) is 43.8 Å². The Morgan fingerprint density at radius 3 is 2.36 bits per heavy atom. The zero-order valence-electron chi connectivity index (χ0n) is 14.2. The van der Waals surface area contributed by atoms with E-state index in [0.717, 1.165) is 26.1 Å². The van der Waals surface area contributed by atoms with Crippen LogP contribution in [0.25, 0.3) is 0 Å². The minimum atomic E-state index is -0.795. The molecule has 0 spiro atoms. The van der Waals surface area contributed by atoms with Gasteiger partial charge in [-0.25, -0.2) is 4.79 Å². The summed E-state index contributed by atoms with van der Waals surface area (Å²) in [6.45, 7) is 11.6. The quantitative estimate of drug-likeness (QED) is 0.926. The highest BCUT2D eigenvalue weighted by molar-refractivity contribution is 5.66. The Morgan fingerprint density at radius 1 is 1.23 bits per heavy atom. The van der Waals surface area contributed by atoms with Crippen molar-refractivity contribution in [3.8, 4) is 0 Å². The summed E-state index contributed by atoms with van der Waals surface area (Å²) in [5.41, 5.74) is 0.839. The molecule has 4 heteroatoms. The molecule has 1 fully saturated rings. The van der Waals surface area contributed by atoms with Gasteiger partial charge in [-0.3, -0.25) is 9.80 Å². The van der Waals surface area contributed by atoms with Gasteiger partial charge in [-0.15, -0.1) is 0 Å². The Kier molecular flexibility index (Phi) is 4.81. The van der Waals surface area contributed by atoms with E-state index in [1.165, 1.54) is 5.56 Å². The second-order valence-corrected chi connectivity index (χ2v) is 7.27. The number of piperazine rings is 1. The maximum atomic E-state index is 11.7. The Balaban J connectivity index is 2.25. The SMILES string of the molecule is CC[C@]1(C(C)(C)C)CN(Cc2ccccc2)CCN1C(=O)O. The van der Waals surface area contributed by atoms with E-state index >= 15 is 0 Å². The van der Waals surface area contributed by atoms with Gasteiger partial charge in [-0.2, -0.15) is 0 Å². The number of nitrogens with zero attached hydrogens (tertiary/aromatic N) is 2. The Hall–Kier alpha value is -1.55. The maximum Gasteiger partial charge on any atom is 0.407 e. The van der Waals surface area contributed by atoms with Gasteiger partial charge in [0, 0.05) is 26.2 Å². The number of hydrogen-bond donors (Lipinski definition) is 1. The second kappa shape index (κ2) is 6.29. The third-order valence-corrected chi connectivity index (χ3v) is 5.10. The molecule has 1 aliphatic rings. The van der Waals surface area contributed by atoms with Crippen LogP contribution in [-0.2, 0) is 6.54 Å². The zero-order chi connectivity index (χ0) is 16.4. The standard InChI is InChI=1S/C18H28N2O2/c1-5-18(17(2,3)4)14-19(11-12-20(18)16(21)22)13-15-9-7-6-8-10-15/h6-10H,5,11-14H2,1-4H3,(H,21,22)/t18-/m1/s1. The fourth-order valence-electron chi connectivity index (χ4n) is 3.72. The monoisotopic (exact) mass is 304 g/mol. The van der Waals surface area contributed by atoms with Crippen molar-refractivity contribution in [2.45, 2.75) is 46.2 Å². The fraction of sp³-hybridized carbons (Fsp3) is 0.611. The average molecular weight is 304 g/mol. The van der Waals surface area contributed by atoms with Gasteiger partial charge in [-0.1, -0.05) is 58.0 Å². The minimum Gasteiger partial charge on any atom is -0.465 e. The number of amides is 1. The number of carboxylic acid groups (broad SMARTS) is 1. The second-order valence-electron chi connectivity index (χ2n) is 7.27. The molecule has 0 aromatic heterocycles. The van der Waals surface area contributed by atoms with Gasteiger partial charge >= 0.3 is 6.09 Å². The molecule has 1 aromatic rings. The summed E-state index contributed by atoms with van der Waals surface area (Å²) >= 11 is 0. The van der Waals surface area contributed by atoms with Gasteiger partial charge in [-0.05, 0) is 17.4 Å². The van der Waals surface area contributed by atoms with Crippen molar-refractivity contribution in [2.24, 2.45) is 5.41 Å². The molecule has 0 aliphatic carbocycles. The highest BCUT2D eigenvalue weighted by Gasteiger charge is 2.50. The molecule has 1 heterocycles. The Labute approximate surface area is 133 Å². The first kappa shape index (κ1) is 16.8. The molecule has 1 aliphatic heterocycles. The normalized spacial score (nSPS) is 23.5. The third kappa shape index (κ3) is 3.12. The van der Waals surface area contributed by atoms with Gasteiger partial charge < -0.3 is 5.11 Å². The molecule has 22 heavy (non-hydrogen) atoms. The molecule has 4 nitrogen and oxygen atoms in total. The molecule has 0 bridgehead atoms. The van der Waals surface area contributed by atoms with E-state index in [1.54, 1.807) is 4.90 Å². The molecule has 0 unspecified atom stereocenters. The van der Waals surface area contributed by atoms with E-state index in [9.17, 15) is 9.90 Å². The van der Waals surface area contributed by atoms with Crippen LogP contribution < -0.4 is 0 Å². The van der Waals surface area contributed by atoms with Gasteiger partial charge in [0.2, 0.25) is 0 Å². The average Bonchev–Trinajstić information content (AvgIpc) is 2.46. The maximum absolute atomic E-state index is 11.7. The van der Waals surface area contributed by atoms with E-state index < -0.39 is 6.09 Å². The van der Waals surface area contributed by atoms with Crippen molar-refractivity contribution >= 4 is 6.09 Å². The molecule has 2 rings (SSSR count). The van der Waals surface area contributed by atoms with Gasteiger partial charge in [0.1, 0.15) is 0 Å². The lowest BCUT2D eigenvalue weighted by atomic mass is 9.69. The van der Waals surface area contributed by atoms with Crippen molar-refractivity contribution < 1.29 is 9.90 Å². The molecule has 0 saturated carbocycles. The first-order valence-corrected chi connectivity index (χ1v) is 8.07. The summed E-state index contributed by atoms with van der Waals surface area (Å²) in [5, 5.41) is 9.65. The largest absolute Gasteiger partial charge is 0.465 e. The number of carbonyl (C=O) groups is 1. The Bertz CT molecular complexity index is 510. The summed E-state index contributed by atoms with van der Waals surface area (Å²) in [7, 11) is 0. The summed E-state index contributed by atoms with van der Waals surface area (Å²) in [6, 6.07) is 10.4. The minimum absolute atomic E-state index is 0.102. The number of rotatable bonds is 3. The van der Waals surface area contributed by atoms with Gasteiger partial charge in [0.15, 0.2) is 0 Å². The van der Waals surface area contributed by atoms with E-state index in [-0.39, 0.29) is 11.0 Å². The molecule has 1 amide bonds. The summed E-state index contributed by atoms with van der Waals surface area (Å²) in [5.74, 6) is 0. The van der Waals surface area contributed by atoms with Crippen LogP contribution in [0.15, 0.2) is 30.3 Å². The van der Waals surface area contributed by atoms with Crippen LogP contribution in [0.2, 0.25) is 0 Å². The zero-order valence-corrected chi connectivity index (χ0v) is 14.2. The highest BCUT2D eigenvalue weighted by Crippen LogP contribution is 2.41. The molecule has 1 N–H and O–H groups in total. The van der Waals surface area contributed by atoms with Crippen LogP contribution in [0.3, 0.4) is 0 Å². The molecule has 0 radical (unpaired) electrons. The van der Waals surface area contributed by atoms with Crippen molar-refractivity contribution in [3.05, 3.63) is 35.9 Å². The van der Waals surface area contributed by atoms with Gasteiger partial charge in [0.25, 0.3) is 0 Å². The van der Waals surface area contributed by atoms with Crippen molar-refractivity contribution in [1.29, 1.82) is 0 Å². The molecular weight excluding hydrogens is 276 g/mol. The van der Waals surface area contributed by atoms with E-state index in [1.807, 2.05) is 6.07 Å². The predicted molar refractivity (Wildman–Crippen MR) is 88.9 cm³/mol. The summed E-state index contributed by atoms with van der Waals surface area (Å²) in [4.78, 5) is 15.8. The van der Waals surface area contributed by atoms with Crippen molar-refractivity contribution in [2.75, 3.05) is 19.6 Å². The first-order chi connectivity index (χ1) is 10.3. The first-order valence-electron chi connectivity index (χ1n) is 8.07. The van der Waals surface area contributed by atoms with E-state index in [4.69, 9.17) is 0 Å². The Morgan fingerprint density at radius 2 is 1.86 bits per heavy atom. The van der Waals surface area contributed by atoms with Crippen LogP contribution in [-0.4, -0.2) is 46.2 Å². The number of hydrogen-bond acceptors (Lipinski definition) is 2. The molecule has 1 aromatic carbocycles. The number of benzene rings is 1. The van der Waals surface area contributed by atoms with E-state index in [2.05, 4.69) is 56.9 Å². The third-order valence-electron chi connectivity index (χ3n) is 5.10. The lowest BCUT2D eigenvalue weighted by Crippen LogP contribution is -2.68. The van der Waals surface area contributed by atoms with Crippen molar-refractivity contribution in [3.63, 3.8) is 0 Å². The van der Waals surface area contributed by atoms with Crippen LogP contribution in [0.1, 0.15) is 39.7 Å². The van der Waals surface area contributed by atoms with Crippen LogP contribution in [0.4, 0.5) is 4.79 Å². The van der Waals surface area contributed by atoms with Crippen LogP contribution in [0, 0.1) is 5.41 Å². The summed E-state index contributed by atoms with van der Waals surface area (Å²) < 4.78 is 0. The van der Waals surface area contributed by atoms with Crippen LogP contribution >= 0.6 is 0 Å².